The van der Waals surface area contributed by atoms with Crippen molar-refractivity contribution in [2.75, 3.05) is 0 Å². The van der Waals surface area contributed by atoms with Gasteiger partial charge in [-0.3, -0.25) is 14.9 Å². The summed E-state index contributed by atoms with van der Waals surface area (Å²) >= 11 is 0. The van der Waals surface area contributed by atoms with E-state index in [0.29, 0.717) is 12.2 Å². The fourth-order valence-electron chi connectivity index (χ4n) is 2.57. The van der Waals surface area contributed by atoms with Crippen molar-refractivity contribution in [3.05, 3.63) is 23.3 Å². The van der Waals surface area contributed by atoms with Crippen molar-refractivity contribution in [2.24, 2.45) is 0 Å². The van der Waals surface area contributed by atoms with Crippen LogP contribution in [0.3, 0.4) is 0 Å². The van der Waals surface area contributed by atoms with Crippen LogP contribution in [0.2, 0.25) is 0 Å². The number of urea groups is 1. The van der Waals surface area contributed by atoms with Gasteiger partial charge >= 0.3 is 12.0 Å². The standard InChI is InChI=1S/C17H24N6O4/c1-9(2)20-17(26)22-15(25)12(5)27-14(24)7-6-13-10(3)21-16-18-8-19-23(16)11(13)4/h8-9,12H,6-7H2,1-5H3,(H2,20,22,25,26)/t12-/m1/s1. The summed E-state index contributed by atoms with van der Waals surface area (Å²) in [6.07, 6.45) is 0.803. The van der Waals surface area contributed by atoms with Gasteiger partial charge in [0.1, 0.15) is 6.33 Å². The molecule has 0 saturated carbocycles. The highest BCUT2D eigenvalue weighted by molar-refractivity contribution is 5.97. The first kappa shape index (κ1) is 20.3. The fourth-order valence-corrected chi connectivity index (χ4v) is 2.57. The van der Waals surface area contributed by atoms with Crippen LogP contribution in [-0.2, 0) is 20.7 Å². The minimum absolute atomic E-state index is 0.0688. The number of carbonyl (C=O) groups excluding carboxylic acids is 3. The predicted molar refractivity (Wildman–Crippen MR) is 95.9 cm³/mol. The van der Waals surface area contributed by atoms with Gasteiger partial charge < -0.3 is 10.1 Å². The van der Waals surface area contributed by atoms with E-state index in [2.05, 4.69) is 25.7 Å². The van der Waals surface area contributed by atoms with Crippen LogP contribution in [0.15, 0.2) is 6.33 Å². The third-order valence-corrected chi connectivity index (χ3v) is 3.90. The molecule has 2 rings (SSSR count). The predicted octanol–water partition coefficient (Wildman–Crippen LogP) is 0.840. The average molecular weight is 376 g/mol. The lowest BCUT2D eigenvalue weighted by atomic mass is 10.1. The number of rotatable bonds is 6. The molecule has 0 aliphatic carbocycles. The highest BCUT2D eigenvalue weighted by Gasteiger charge is 2.21. The molecule has 3 amide bonds. The summed E-state index contributed by atoms with van der Waals surface area (Å²) in [5.74, 6) is -0.722. The molecule has 10 nitrogen and oxygen atoms in total. The number of imide groups is 1. The second-order valence-corrected chi connectivity index (χ2v) is 6.48. The quantitative estimate of drug-likeness (QED) is 0.715. The van der Waals surface area contributed by atoms with E-state index in [-0.39, 0.29) is 12.5 Å². The van der Waals surface area contributed by atoms with Crippen LogP contribution in [0, 0.1) is 13.8 Å². The molecule has 0 aliphatic heterocycles. The zero-order chi connectivity index (χ0) is 20.1. The fraction of sp³-hybridized carbons (Fsp3) is 0.529. The summed E-state index contributed by atoms with van der Waals surface area (Å²) in [5, 5.41) is 8.76. The van der Waals surface area contributed by atoms with E-state index in [4.69, 9.17) is 4.74 Å². The zero-order valence-corrected chi connectivity index (χ0v) is 16.1. The molecule has 0 radical (unpaired) electrons. The molecule has 0 spiro atoms. The number of aromatic nitrogens is 4. The molecule has 0 bridgehead atoms. The lowest BCUT2D eigenvalue weighted by molar-refractivity contribution is -0.154. The van der Waals surface area contributed by atoms with Gasteiger partial charge in [0, 0.05) is 23.9 Å². The Kier molecular flexibility index (Phi) is 6.43. The molecule has 2 aromatic heterocycles. The van der Waals surface area contributed by atoms with Gasteiger partial charge in [-0.25, -0.2) is 14.3 Å². The van der Waals surface area contributed by atoms with Gasteiger partial charge in [0.05, 0.1) is 0 Å². The van der Waals surface area contributed by atoms with Crippen LogP contribution in [0.1, 0.15) is 44.1 Å². The molecule has 2 heterocycles. The number of aryl methyl sites for hydroxylation is 2. The van der Waals surface area contributed by atoms with Crippen molar-refractivity contribution in [3.8, 4) is 0 Å². The SMILES string of the molecule is Cc1nc2ncnn2c(C)c1CCC(=O)O[C@H](C)C(=O)NC(=O)NC(C)C. The van der Waals surface area contributed by atoms with Gasteiger partial charge in [-0.05, 0) is 46.6 Å². The summed E-state index contributed by atoms with van der Waals surface area (Å²) in [6, 6.07) is -0.741. The molecule has 0 fully saturated rings. The van der Waals surface area contributed by atoms with Gasteiger partial charge in [-0.2, -0.15) is 10.1 Å². The van der Waals surface area contributed by atoms with Crippen molar-refractivity contribution >= 4 is 23.7 Å². The number of fused-ring (bicyclic) bond motifs is 1. The molecule has 2 aromatic rings. The molecule has 27 heavy (non-hydrogen) atoms. The van der Waals surface area contributed by atoms with E-state index in [9.17, 15) is 14.4 Å². The highest BCUT2D eigenvalue weighted by Crippen LogP contribution is 2.15. The lowest BCUT2D eigenvalue weighted by Gasteiger charge is -2.15. The van der Waals surface area contributed by atoms with Crippen LogP contribution < -0.4 is 10.6 Å². The Balaban J connectivity index is 1.91. The van der Waals surface area contributed by atoms with Crippen LogP contribution in [0.25, 0.3) is 5.78 Å². The average Bonchev–Trinajstić information content (AvgIpc) is 3.01. The van der Waals surface area contributed by atoms with Crippen molar-refractivity contribution in [2.45, 2.75) is 59.6 Å². The van der Waals surface area contributed by atoms with E-state index in [1.807, 2.05) is 13.8 Å². The molecule has 1 atom stereocenters. The maximum atomic E-state index is 12.1. The van der Waals surface area contributed by atoms with Crippen molar-refractivity contribution in [3.63, 3.8) is 0 Å². The Labute approximate surface area is 156 Å². The molecule has 0 aromatic carbocycles. The molecular formula is C17H24N6O4. The Hall–Kier alpha value is -3.04. The second kappa shape index (κ2) is 8.56. The third-order valence-electron chi connectivity index (χ3n) is 3.90. The lowest BCUT2D eigenvalue weighted by Crippen LogP contribution is -2.46. The first-order valence-corrected chi connectivity index (χ1v) is 8.65. The summed E-state index contributed by atoms with van der Waals surface area (Å²) < 4.78 is 6.71. The maximum Gasteiger partial charge on any atom is 0.321 e. The Morgan fingerprint density at radius 2 is 1.93 bits per heavy atom. The minimum Gasteiger partial charge on any atom is -0.453 e. The minimum atomic E-state index is -1.08. The van der Waals surface area contributed by atoms with Crippen LogP contribution in [0.4, 0.5) is 4.79 Å². The van der Waals surface area contributed by atoms with Gasteiger partial charge in [0.15, 0.2) is 6.10 Å². The normalized spacial score (nSPS) is 12.1. The molecule has 2 N–H and O–H groups in total. The third kappa shape index (κ3) is 5.22. The summed E-state index contributed by atoms with van der Waals surface area (Å²) in [7, 11) is 0. The second-order valence-electron chi connectivity index (χ2n) is 6.48. The summed E-state index contributed by atoms with van der Waals surface area (Å²) in [5.41, 5.74) is 2.48. The summed E-state index contributed by atoms with van der Waals surface area (Å²) in [6.45, 7) is 8.66. The maximum absolute atomic E-state index is 12.1. The highest BCUT2D eigenvalue weighted by atomic mass is 16.5. The van der Waals surface area contributed by atoms with Crippen LogP contribution in [0.5, 0.6) is 0 Å². The summed E-state index contributed by atoms with van der Waals surface area (Å²) in [4.78, 5) is 43.9. The number of nitrogens with one attached hydrogen (secondary N) is 2. The molecule has 10 heteroatoms. The Morgan fingerprint density at radius 3 is 2.59 bits per heavy atom. The topological polar surface area (TPSA) is 128 Å². The monoisotopic (exact) mass is 376 g/mol. The van der Waals surface area contributed by atoms with Crippen LogP contribution >= 0.6 is 0 Å². The number of hydrogen-bond donors (Lipinski definition) is 2. The molecule has 0 saturated heterocycles. The number of esters is 1. The number of ether oxygens (including phenoxy) is 1. The van der Waals surface area contributed by atoms with E-state index in [1.165, 1.54) is 13.3 Å². The first-order chi connectivity index (χ1) is 12.7. The zero-order valence-electron chi connectivity index (χ0n) is 16.1. The molecule has 0 unspecified atom stereocenters. The van der Waals surface area contributed by atoms with Gasteiger partial charge in [0.25, 0.3) is 11.7 Å². The Bertz CT molecular complexity index is 860. The smallest absolute Gasteiger partial charge is 0.321 e. The molecule has 146 valence electrons. The van der Waals surface area contributed by atoms with Crippen LogP contribution in [-0.4, -0.2) is 49.6 Å². The number of hydrogen-bond acceptors (Lipinski definition) is 7. The largest absolute Gasteiger partial charge is 0.453 e. The van der Waals surface area contributed by atoms with E-state index < -0.39 is 24.0 Å². The van der Waals surface area contributed by atoms with Crippen molar-refractivity contribution in [1.29, 1.82) is 0 Å². The van der Waals surface area contributed by atoms with E-state index >= 15 is 0 Å². The molecular weight excluding hydrogens is 352 g/mol. The van der Waals surface area contributed by atoms with Gasteiger partial charge in [0.2, 0.25) is 0 Å². The molecule has 0 aliphatic rings. The van der Waals surface area contributed by atoms with E-state index in [1.54, 1.807) is 18.4 Å². The first-order valence-electron chi connectivity index (χ1n) is 8.65. The number of carbonyl (C=O) groups is 3. The van der Waals surface area contributed by atoms with Crippen molar-refractivity contribution < 1.29 is 19.1 Å². The van der Waals surface area contributed by atoms with Gasteiger partial charge in [-0.1, -0.05) is 0 Å². The number of amides is 3. The Morgan fingerprint density at radius 1 is 1.22 bits per heavy atom. The number of nitrogens with zero attached hydrogens (tertiary/aromatic N) is 4. The van der Waals surface area contributed by atoms with E-state index in [0.717, 1.165) is 17.0 Å². The van der Waals surface area contributed by atoms with Crippen molar-refractivity contribution in [1.82, 2.24) is 30.2 Å². The van der Waals surface area contributed by atoms with Gasteiger partial charge in [-0.15, -0.1) is 0 Å².